The van der Waals surface area contributed by atoms with E-state index in [1.54, 1.807) is 9.80 Å². The zero-order valence-electron chi connectivity index (χ0n) is 21.4. The van der Waals surface area contributed by atoms with E-state index in [-0.39, 0.29) is 49.3 Å². The molecule has 2 atom stereocenters. The number of methoxy groups -OCH3 is 1. The van der Waals surface area contributed by atoms with Crippen LogP contribution in [0.1, 0.15) is 50.5 Å². The van der Waals surface area contributed by atoms with Crippen LogP contribution < -0.4 is 11.1 Å². The molecule has 0 bridgehead atoms. The van der Waals surface area contributed by atoms with Crippen molar-refractivity contribution in [3.05, 3.63) is 35.9 Å². The van der Waals surface area contributed by atoms with Crippen molar-refractivity contribution in [2.45, 2.75) is 57.7 Å². The lowest BCUT2D eigenvalue weighted by molar-refractivity contribution is -0.141. The number of amides is 3. The van der Waals surface area contributed by atoms with Gasteiger partial charge in [-0.3, -0.25) is 14.4 Å². The Bertz CT molecular complexity index is 894. The molecule has 3 rings (SSSR count). The van der Waals surface area contributed by atoms with Crippen LogP contribution in [0.25, 0.3) is 0 Å². The number of hydrogen-bond acceptors (Lipinski definition) is 7. The SMILES string of the molecule is COC(=O)C[C@H](N)NC(=O)[C@@H]1CCCN(C(=O)CCC2CCN(C(=O)OCc3ccccc3)CC2)C1.Cl. The summed E-state index contributed by atoms with van der Waals surface area (Å²) in [6.07, 6.45) is 3.12. The van der Waals surface area contributed by atoms with Gasteiger partial charge in [-0.25, -0.2) is 4.79 Å². The van der Waals surface area contributed by atoms with Crippen molar-refractivity contribution in [2.24, 2.45) is 17.6 Å². The van der Waals surface area contributed by atoms with Crippen molar-refractivity contribution in [1.82, 2.24) is 15.1 Å². The third-order valence-electron chi connectivity index (χ3n) is 6.93. The average molecular weight is 539 g/mol. The summed E-state index contributed by atoms with van der Waals surface area (Å²) in [4.78, 5) is 52.5. The minimum absolute atomic E-state index is 0. The summed E-state index contributed by atoms with van der Waals surface area (Å²) in [7, 11) is 1.27. The van der Waals surface area contributed by atoms with E-state index in [0.717, 1.165) is 31.2 Å². The largest absolute Gasteiger partial charge is 0.469 e. The molecule has 3 amide bonds. The predicted molar refractivity (Wildman–Crippen MR) is 139 cm³/mol. The topological polar surface area (TPSA) is 131 Å². The number of hydrogen-bond donors (Lipinski definition) is 2. The highest BCUT2D eigenvalue weighted by atomic mass is 35.5. The maximum absolute atomic E-state index is 12.8. The third kappa shape index (κ3) is 9.85. The lowest BCUT2D eigenvalue weighted by Gasteiger charge is -2.34. The minimum Gasteiger partial charge on any atom is -0.469 e. The van der Waals surface area contributed by atoms with Gasteiger partial charge in [0.1, 0.15) is 6.61 Å². The maximum Gasteiger partial charge on any atom is 0.410 e. The van der Waals surface area contributed by atoms with E-state index < -0.39 is 12.1 Å². The van der Waals surface area contributed by atoms with E-state index in [0.29, 0.717) is 44.9 Å². The van der Waals surface area contributed by atoms with Crippen molar-refractivity contribution in [2.75, 3.05) is 33.3 Å². The van der Waals surface area contributed by atoms with Gasteiger partial charge in [0.2, 0.25) is 11.8 Å². The van der Waals surface area contributed by atoms with Crippen LogP contribution in [0, 0.1) is 11.8 Å². The second-order valence-corrected chi connectivity index (χ2v) is 9.58. The molecular formula is C26H39ClN4O6. The smallest absolute Gasteiger partial charge is 0.410 e. The number of ether oxygens (including phenoxy) is 2. The number of nitrogens with two attached hydrogens (primary N) is 1. The van der Waals surface area contributed by atoms with Gasteiger partial charge < -0.3 is 30.3 Å². The van der Waals surface area contributed by atoms with Crippen molar-refractivity contribution in [3.63, 3.8) is 0 Å². The second-order valence-electron chi connectivity index (χ2n) is 9.58. The normalized spacial score (nSPS) is 18.8. The van der Waals surface area contributed by atoms with Gasteiger partial charge >= 0.3 is 12.1 Å². The lowest BCUT2D eigenvalue weighted by Crippen LogP contribution is -2.50. The van der Waals surface area contributed by atoms with Gasteiger partial charge in [-0.15, -0.1) is 12.4 Å². The van der Waals surface area contributed by atoms with Gasteiger partial charge in [0.25, 0.3) is 0 Å². The van der Waals surface area contributed by atoms with E-state index in [4.69, 9.17) is 10.5 Å². The van der Waals surface area contributed by atoms with E-state index in [2.05, 4.69) is 10.1 Å². The molecule has 2 heterocycles. The molecule has 0 unspecified atom stereocenters. The standard InChI is InChI=1S/C26H38N4O6.ClH/c1-35-24(32)16-22(27)28-25(33)21-8-5-13-30(17-21)23(31)10-9-19-11-14-29(15-12-19)26(34)36-18-20-6-3-2-4-7-20;/h2-4,6-7,19,21-22H,5,8-18,27H2,1H3,(H,28,33);1H/t21-,22-;/m1./s1. The Balaban J connectivity index is 0.00000481. The Morgan fingerprint density at radius 3 is 2.43 bits per heavy atom. The number of rotatable bonds is 9. The molecule has 206 valence electrons. The molecule has 2 aliphatic heterocycles. The van der Waals surface area contributed by atoms with Crippen molar-refractivity contribution < 1.29 is 28.7 Å². The quantitative estimate of drug-likeness (QED) is 0.364. The molecule has 0 saturated carbocycles. The first-order chi connectivity index (χ1) is 17.4. The Morgan fingerprint density at radius 2 is 1.76 bits per heavy atom. The summed E-state index contributed by atoms with van der Waals surface area (Å²) < 4.78 is 9.99. The number of carbonyl (C=O) groups excluding carboxylic acids is 4. The van der Waals surface area contributed by atoms with E-state index >= 15 is 0 Å². The van der Waals surface area contributed by atoms with Crippen LogP contribution in [0.4, 0.5) is 4.79 Å². The fraction of sp³-hybridized carbons (Fsp3) is 0.615. The highest BCUT2D eigenvalue weighted by Crippen LogP contribution is 2.24. The average Bonchev–Trinajstić information content (AvgIpc) is 2.91. The van der Waals surface area contributed by atoms with Gasteiger partial charge in [0.15, 0.2) is 0 Å². The van der Waals surface area contributed by atoms with Gasteiger partial charge in [0, 0.05) is 32.6 Å². The molecular weight excluding hydrogens is 500 g/mol. The zero-order valence-corrected chi connectivity index (χ0v) is 22.3. The van der Waals surface area contributed by atoms with Crippen molar-refractivity contribution in [3.8, 4) is 0 Å². The molecule has 0 aromatic heterocycles. The highest BCUT2D eigenvalue weighted by molar-refractivity contribution is 5.85. The van der Waals surface area contributed by atoms with E-state index in [1.807, 2.05) is 30.3 Å². The number of esters is 1. The summed E-state index contributed by atoms with van der Waals surface area (Å²) in [5.41, 5.74) is 6.77. The number of carbonyl (C=O) groups is 4. The number of halogens is 1. The Labute approximate surface area is 224 Å². The molecule has 3 N–H and O–H groups in total. The van der Waals surface area contributed by atoms with Crippen LogP contribution in [0.5, 0.6) is 0 Å². The molecule has 37 heavy (non-hydrogen) atoms. The molecule has 0 radical (unpaired) electrons. The molecule has 0 aliphatic carbocycles. The fourth-order valence-electron chi connectivity index (χ4n) is 4.73. The first-order valence-electron chi connectivity index (χ1n) is 12.7. The van der Waals surface area contributed by atoms with Gasteiger partial charge in [-0.2, -0.15) is 0 Å². The summed E-state index contributed by atoms with van der Waals surface area (Å²) >= 11 is 0. The number of likely N-dealkylation sites (tertiary alicyclic amines) is 2. The molecule has 11 heteroatoms. The zero-order chi connectivity index (χ0) is 25.9. The molecule has 2 saturated heterocycles. The first-order valence-corrected chi connectivity index (χ1v) is 12.7. The number of nitrogens with one attached hydrogen (secondary N) is 1. The van der Waals surface area contributed by atoms with Crippen LogP contribution >= 0.6 is 12.4 Å². The molecule has 2 aliphatic rings. The van der Waals surface area contributed by atoms with Crippen LogP contribution in [-0.4, -0.2) is 73.1 Å². The monoisotopic (exact) mass is 538 g/mol. The predicted octanol–water partition coefficient (Wildman–Crippen LogP) is 2.44. The minimum atomic E-state index is -0.808. The Kier molecular flexibility index (Phi) is 12.7. The summed E-state index contributed by atoms with van der Waals surface area (Å²) in [5, 5.41) is 2.65. The fourth-order valence-corrected chi connectivity index (χ4v) is 4.73. The second kappa shape index (κ2) is 15.4. The summed E-state index contributed by atoms with van der Waals surface area (Å²) in [5.74, 6) is -0.631. The Morgan fingerprint density at radius 1 is 1.05 bits per heavy atom. The lowest BCUT2D eigenvalue weighted by atomic mass is 9.91. The molecule has 2 fully saturated rings. The van der Waals surface area contributed by atoms with Gasteiger partial charge in [0.05, 0.1) is 25.6 Å². The molecule has 10 nitrogen and oxygen atoms in total. The van der Waals surface area contributed by atoms with Crippen molar-refractivity contribution in [1.29, 1.82) is 0 Å². The highest BCUT2D eigenvalue weighted by Gasteiger charge is 2.30. The summed E-state index contributed by atoms with van der Waals surface area (Å²) in [6.45, 7) is 2.53. The number of piperidine rings is 2. The van der Waals surface area contributed by atoms with Crippen LogP contribution in [-0.2, 0) is 30.5 Å². The summed E-state index contributed by atoms with van der Waals surface area (Å²) in [6, 6.07) is 9.60. The molecule has 1 aromatic rings. The van der Waals surface area contributed by atoms with Gasteiger partial charge in [-0.05, 0) is 43.6 Å². The molecule has 1 aromatic carbocycles. The third-order valence-corrected chi connectivity index (χ3v) is 6.93. The molecule has 0 spiro atoms. The first kappa shape index (κ1) is 30.4. The van der Waals surface area contributed by atoms with Gasteiger partial charge in [-0.1, -0.05) is 30.3 Å². The maximum atomic E-state index is 12.8. The number of nitrogens with zero attached hydrogens (tertiary/aromatic N) is 2. The number of benzene rings is 1. The van der Waals surface area contributed by atoms with Crippen LogP contribution in [0.3, 0.4) is 0 Å². The van der Waals surface area contributed by atoms with E-state index in [9.17, 15) is 19.2 Å². The van der Waals surface area contributed by atoms with E-state index in [1.165, 1.54) is 7.11 Å². The van der Waals surface area contributed by atoms with Crippen LogP contribution in [0.15, 0.2) is 30.3 Å². The Hall–Kier alpha value is -2.85. The van der Waals surface area contributed by atoms with Crippen LogP contribution in [0.2, 0.25) is 0 Å². The van der Waals surface area contributed by atoms with Crippen molar-refractivity contribution >= 4 is 36.3 Å².